The van der Waals surface area contributed by atoms with Crippen LogP contribution in [0.1, 0.15) is 31.6 Å². The van der Waals surface area contributed by atoms with E-state index in [1.165, 1.54) is 0 Å². The highest BCUT2D eigenvalue weighted by Crippen LogP contribution is 2.26. The zero-order chi connectivity index (χ0) is 10.7. The molecule has 1 fully saturated rings. The van der Waals surface area contributed by atoms with Crippen molar-refractivity contribution in [3.05, 3.63) is 24.2 Å². The quantitative estimate of drug-likeness (QED) is 0.827. The Balaban J connectivity index is 1.90. The van der Waals surface area contributed by atoms with Gasteiger partial charge < -0.3 is 9.52 Å². The average Bonchev–Trinajstić information content (AvgIpc) is 2.82. The van der Waals surface area contributed by atoms with Gasteiger partial charge in [-0.15, -0.1) is 0 Å². The first-order valence-electron chi connectivity index (χ1n) is 5.69. The molecule has 1 aromatic rings. The van der Waals surface area contributed by atoms with E-state index in [2.05, 4.69) is 11.8 Å². The first kappa shape index (κ1) is 10.7. The second-order valence-electron chi connectivity index (χ2n) is 4.35. The zero-order valence-corrected chi connectivity index (χ0v) is 9.22. The molecule has 0 aliphatic carbocycles. The van der Waals surface area contributed by atoms with E-state index in [9.17, 15) is 0 Å². The van der Waals surface area contributed by atoms with Crippen LogP contribution in [0, 0.1) is 5.92 Å². The van der Waals surface area contributed by atoms with Crippen molar-refractivity contribution in [1.29, 1.82) is 0 Å². The van der Waals surface area contributed by atoms with Gasteiger partial charge in [-0.25, -0.2) is 0 Å². The van der Waals surface area contributed by atoms with Gasteiger partial charge in [0.05, 0.1) is 12.3 Å². The van der Waals surface area contributed by atoms with Crippen LogP contribution in [0.3, 0.4) is 0 Å². The van der Waals surface area contributed by atoms with Crippen molar-refractivity contribution in [2.24, 2.45) is 5.92 Å². The molecule has 0 bridgehead atoms. The molecule has 3 heteroatoms. The molecule has 1 aromatic heterocycles. The Bertz CT molecular complexity index is 276. The number of furan rings is 1. The van der Waals surface area contributed by atoms with Crippen molar-refractivity contribution in [3.63, 3.8) is 0 Å². The summed E-state index contributed by atoms with van der Waals surface area (Å²) in [5.74, 6) is 1.54. The van der Waals surface area contributed by atoms with Gasteiger partial charge in [-0.1, -0.05) is 0 Å². The van der Waals surface area contributed by atoms with Crippen LogP contribution in [0.4, 0.5) is 0 Å². The molecule has 0 aromatic carbocycles. The Kier molecular flexibility index (Phi) is 3.44. The molecule has 15 heavy (non-hydrogen) atoms. The van der Waals surface area contributed by atoms with E-state index in [0.29, 0.717) is 18.6 Å². The van der Waals surface area contributed by atoms with Crippen LogP contribution in [0.25, 0.3) is 0 Å². The lowest BCUT2D eigenvalue weighted by atomic mass is 9.96. The molecule has 0 spiro atoms. The summed E-state index contributed by atoms with van der Waals surface area (Å²) in [6.45, 7) is 4.64. The minimum absolute atomic E-state index is 0.336. The summed E-state index contributed by atoms with van der Waals surface area (Å²) in [7, 11) is 0. The lowest BCUT2D eigenvalue weighted by Crippen LogP contribution is -2.36. The number of hydrogen-bond acceptors (Lipinski definition) is 3. The third-order valence-electron chi connectivity index (χ3n) is 3.41. The first-order chi connectivity index (χ1) is 7.31. The number of hydrogen-bond donors (Lipinski definition) is 1. The third-order valence-corrected chi connectivity index (χ3v) is 3.41. The molecule has 1 atom stereocenters. The van der Waals surface area contributed by atoms with Gasteiger partial charge in [0, 0.05) is 6.61 Å². The summed E-state index contributed by atoms with van der Waals surface area (Å²) in [5.41, 5.74) is 0. The molecular formula is C12H19NO2. The van der Waals surface area contributed by atoms with Crippen molar-refractivity contribution < 1.29 is 9.52 Å². The lowest BCUT2D eigenvalue weighted by Gasteiger charge is -2.34. The van der Waals surface area contributed by atoms with E-state index in [0.717, 1.165) is 31.7 Å². The monoisotopic (exact) mass is 209 g/mol. The van der Waals surface area contributed by atoms with E-state index < -0.39 is 0 Å². The fraction of sp³-hybridized carbons (Fsp3) is 0.667. The molecule has 1 N–H and O–H groups in total. The summed E-state index contributed by atoms with van der Waals surface area (Å²) in [5, 5.41) is 9.06. The second-order valence-corrected chi connectivity index (χ2v) is 4.35. The summed E-state index contributed by atoms with van der Waals surface area (Å²) in [4.78, 5) is 2.42. The van der Waals surface area contributed by atoms with Crippen LogP contribution >= 0.6 is 0 Å². The summed E-state index contributed by atoms with van der Waals surface area (Å²) < 4.78 is 5.41. The van der Waals surface area contributed by atoms with Crippen LogP contribution < -0.4 is 0 Å². The highest BCUT2D eigenvalue weighted by atomic mass is 16.3. The highest BCUT2D eigenvalue weighted by Gasteiger charge is 2.24. The van der Waals surface area contributed by atoms with Crippen molar-refractivity contribution >= 4 is 0 Å². The van der Waals surface area contributed by atoms with Gasteiger partial charge in [0.15, 0.2) is 0 Å². The highest BCUT2D eigenvalue weighted by molar-refractivity contribution is 5.03. The maximum absolute atomic E-state index is 9.06. The Morgan fingerprint density at radius 2 is 2.27 bits per heavy atom. The first-order valence-corrected chi connectivity index (χ1v) is 5.69. The molecule has 1 saturated heterocycles. The summed E-state index contributed by atoms with van der Waals surface area (Å²) in [6, 6.07) is 4.33. The van der Waals surface area contributed by atoms with Crippen LogP contribution in [-0.2, 0) is 0 Å². The van der Waals surface area contributed by atoms with Gasteiger partial charge in [0.1, 0.15) is 5.76 Å². The van der Waals surface area contributed by atoms with Gasteiger partial charge in [-0.05, 0) is 50.9 Å². The second kappa shape index (κ2) is 4.81. The predicted octanol–water partition coefficient (Wildman–Crippen LogP) is 2.04. The maximum atomic E-state index is 9.06. The molecule has 0 radical (unpaired) electrons. The van der Waals surface area contributed by atoms with Gasteiger partial charge in [-0.2, -0.15) is 0 Å². The molecule has 2 rings (SSSR count). The van der Waals surface area contributed by atoms with E-state index in [-0.39, 0.29) is 0 Å². The Hall–Kier alpha value is -0.800. The van der Waals surface area contributed by atoms with E-state index in [4.69, 9.17) is 9.52 Å². The molecule has 0 amide bonds. The minimum Gasteiger partial charge on any atom is -0.468 e. The Labute approximate surface area is 90.7 Å². The summed E-state index contributed by atoms with van der Waals surface area (Å²) >= 11 is 0. The predicted molar refractivity (Wildman–Crippen MR) is 58.5 cm³/mol. The van der Waals surface area contributed by atoms with E-state index >= 15 is 0 Å². The van der Waals surface area contributed by atoms with Crippen LogP contribution in [-0.4, -0.2) is 29.7 Å². The number of piperidine rings is 1. The van der Waals surface area contributed by atoms with Crippen LogP contribution in [0.5, 0.6) is 0 Å². The molecule has 2 heterocycles. The van der Waals surface area contributed by atoms with Crippen molar-refractivity contribution in [2.75, 3.05) is 19.7 Å². The van der Waals surface area contributed by atoms with Gasteiger partial charge in [0.25, 0.3) is 0 Å². The molecule has 3 nitrogen and oxygen atoms in total. The van der Waals surface area contributed by atoms with Crippen LogP contribution in [0.15, 0.2) is 22.8 Å². The Morgan fingerprint density at radius 1 is 1.53 bits per heavy atom. The van der Waals surface area contributed by atoms with Gasteiger partial charge in [-0.3, -0.25) is 4.90 Å². The third kappa shape index (κ3) is 2.41. The largest absolute Gasteiger partial charge is 0.468 e. The number of aliphatic hydroxyl groups excluding tert-OH is 1. The molecule has 1 aliphatic rings. The van der Waals surface area contributed by atoms with Gasteiger partial charge in [0.2, 0.25) is 0 Å². The Morgan fingerprint density at radius 3 is 2.80 bits per heavy atom. The van der Waals surface area contributed by atoms with Crippen LogP contribution in [0.2, 0.25) is 0 Å². The van der Waals surface area contributed by atoms with E-state index in [1.54, 1.807) is 6.26 Å². The van der Waals surface area contributed by atoms with E-state index in [1.807, 2.05) is 12.1 Å². The molecular weight excluding hydrogens is 190 g/mol. The number of aliphatic hydroxyl groups is 1. The topological polar surface area (TPSA) is 36.6 Å². The normalized spacial score (nSPS) is 21.7. The number of nitrogens with zero attached hydrogens (tertiary/aromatic N) is 1. The smallest absolute Gasteiger partial charge is 0.120 e. The molecule has 84 valence electrons. The number of likely N-dealkylation sites (tertiary alicyclic amines) is 1. The van der Waals surface area contributed by atoms with Gasteiger partial charge >= 0.3 is 0 Å². The SMILES string of the molecule is C[C@@H](c1ccco1)N1CCC(CO)CC1. The standard InChI is InChI=1S/C12H19NO2/c1-10(12-3-2-8-15-12)13-6-4-11(9-14)5-7-13/h2-3,8,10-11,14H,4-7,9H2,1H3/t10-/m0/s1. The minimum atomic E-state index is 0.336. The molecule has 0 saturated carbocycles. The van der Waals surface area contributed by atoms with Crippen molar-refractivity contribution in [1.82, 2.24) is 4.90 Å². The molecule has 0 unspecified atom stereocenters. The zero-order valence-electron chi connectivity index (χ0n) is 9.22. The molecule has 1 aliphatic heterocycles. The maximum Gasteiger partial charge on any atom is 0.120 e. The van der Waals surface area contributed by atoms with Crippen molar-refractivity contribution in [3.8, 4) is 0 Å². The average molecular weight is 209 g/mol. The number of rotatable bonds is 3. The fourth-order valence-electron chi connectivity index (χ4n) is 2.23. The lowest BCUT2D eigenvalue weighted by molar-refractivity contribution is 0.0979. The van der Waals surface area contributed by atoms with Crippen molar-refractivity contribution in [2.45, 2.75) is 25.8 Å². The fourth-order valence-corrected chi connectivity index (χ4v) is 2.23. The summed E-state index contributed by atoms with van der Waals surface area (Å²) in [6.07, 6.45) is 3.93.